The molecule has 2 unspecified atom stereocenters. The minimum atomic E-state index is -4.40. The summed E-state index contributed by atoms with van der Waals surface area (Å²) in [6.45, 7) is 3.09. The third-order valence-electron chi connectivity index (χ3n) is 2.94. The number of aliphatic carboxylic acids is 1. The van der Waals surface area contributed by atoms with Crippen molar-refractivity contribution in [3.8, 4) is 0 Å². The molecule has 0 fully saturated rings. The average molecular weight is 292 g/mol. The quantitative estimate of drug-likeness (QED) is 0.845. The molecule has 0 saturated carbocycles. The summed E-state index contributed by atoms with van der Waals surface area (Å²) in [5, 5.41) is 7.29. The Labute approximate surface area is 110 Å². The zero-order chi connectivity index (χ0) is 14.8. The van der Waals surface area contributed by atoms with Gasteiger partial charge >= 0.3 is 5.97 Å². The largest absolute Gasteiger partial charge is 0.480 e. The molecular weight excluding hydrogens is 278 g/mol. The van der Waals surface area contributed by atoms with E-state index in [1.54, 1.807) is 6.92 Å². The third kappa shape index (κ3) is 3.09. The second kappa shape index (κ2) is 5.64. The molecule has 0 radical (unpaired) electrons. The van der Waals surface area contributed by atoms with E-state index in [0.717, 1.165) is 12.1 Å². The van der Waals surface area contributed by atoms with Crippen molar-refractivity contribution in [2.24, 2.45) is 5.92 Å². The van der Waals surface area contributed by atoms with Gasteiger partial charge in [0.15, 0.2) is 15.1 Å². The van der Waals surface area contributed by atoms with E-state index in [1.807, 2.05) is 0 Å². The van der Waals surface area contributed by atoms with Crippen LogP contribution < -0.4 is 0 Å². The van der Waals surface area contributed by atoms with Gasteiger partial charge in [-0.25, -0.2) is 17.2 Å². The molecule has 0 aliphatic rings. The van der Waals surface area contributed by atoms with Crippen LogP contribution in [0.3, 0.4) is 0 Å². The van der Waals surface area contributed by atoms with Crippen molar-refractivity contribution in [1.29, 1.82) is 0 Å². The summed E-state index contributed by atoms with van der Waals surface area (Å²) in [6, 6.07) is 1.95. The fourth-order valence-corrected chi connectivity index (χ4v) is 3.67. The van der Waals surface area contributed by atoms with Gasteiger partial charge < -0.3 is 5.11 Å². The maximum Gasteiger partial charge on any atom is 0.322 e. The number of carbonyl (C=O) groups is 1. The highest BCUT2D eigenvalue weighted by Crippen LogP contribution is 2.26. The number of hydrogen-bond acceptors (Lipinski definition) is 3. The van der Waals surface area contributed by atoms with Gasteiger partial charge in [0.2, 0.25) is 0 Å². The van der Waals surface area contributed by atoms with Gasteiger partial charge in [-0.05, 0) is 18.1 Å². The normalized spacial score (nSPS) is 14.9. The molecule has 0 spiro atoms. The molecule has 1 aromatic carbocycles. The van der Waals surface area contributed by atoms with E-state index in [2.05, 4.69) is 0 Å². The van der Waals surface area contributed by atoms with Crippen LogP contribution in [0.1, 0.15) is 20.3 Å². The van der Waals surface area contributed by atoms with Gasteiger partial charge in [-0.15, -0.1) is 0 Å². The van der Waals surface area contributed by atoms with Crippen LogP contribution in [0.5, 0.6) is 0 Å². The predicted octanol–water partition coefficient (Wildman–Crippen LogP) is 2.24. The van der Waals surface area contributed by atoms with E-state index in [9.17, 15) is 22.0 Å². The van der Waals surface area contributed by atoms with Gasteiger partial charge in [0.1, 0.15) is 16.5 Å². The number of rotatable bonds is 5. The minimum Gasteiger partial charge on any atom is -0.480 e. The highest BCUT2D eigenvalue weighted by Gasteiger charge is 2.39. The number of carboxylic acid groups (broad SMARTS) is 1. The Kier molecular flexibility index (Phi) is 4.62. The first-order valence-corrected chi connectivity index (χ1v) is 7.18. The summed E-state index contributed by atoms with van der Waals surface area (Å²) in [5.41, 5.74) is 0. The predicted molar refractivity (Wildman–Crippen MR) is 64.4 cm³/mol. The molecule has 0 amide bonds. The van der Waals surface area contributed by atoms with Crippen LogP contribution in [0.15, 0.2) is 23.1 Å². The van der Waals surface area contributed by atoms with Crippen LogP contribution in [0.25, 0.3) is 0 Å². The topological polar surface area (TPSA) is 71.4 Å². The van der Waals surface area contributed by atoms with E-state index in [4.69, 9.17) is 5.11 Å². The number of benzene rings is 1. The number of hydrogen-bond donors (Lipinski definition) is 1. The molecule has 2 atom stereocenters. The summed E-state index contributed by atoms with van der Waals surface area (Å²) in [7, 11) is -4.40. The Morgan fingerprint density at radius 2 is 1.95 bits per heavy atom. The second-order valence-corrected chi connectivity index (χ2v) is 6.30. The van der Waals surface area contributed by atoms with E-state index >= 15 is 0 Å². The zero-order valence-electron chi connectivity index (χ0n) is 10.4. The average Bonchev–Trinajstić information content (AvgIpc) is 2.27. The lowest BCUT2D eigenvalue weighted by Gasteiger charge is -2.19. The van der Waals surface area contributed by atoms with Crippen molar-refractivity contribution in [2.45, 2.75) is 30.4 Å². The Balaban J connectivity index is 3.39. The molecule has 0 saturated heterocycles. The lowest BCUT2D eigenvalue weighted by atomic mass is 10.1. The van der Waals surface area contributed by atoms with E-state index in [0.29, 0.717) is 12.5 Å². The summed E-state index contributed by atoms with van der Waals surface area (Å²) < 4.78 is 50.6. The van der Waals surface area contributed by atoms with Crippen LogP contribution in [0.4, 0.5) is 8.78 Å². The Hall–Kier alpha value is -1.50. The molecule has 19 heavy (non-hydrogen) atoms. The number of halogens is 2. The van der Waals surface area contributed by atoms with Crippen LogP contribution in [0.2, 0.25) is 0 Å². The summed E-state index contributed by atoms with van der Waals surface area (Å²) in [6.07, 6.45) is 0.305. The van der Waals surface area contributed by atoms with Gasteiger partial charge in [-0.2, -0.15) is 0 Å². The lowest BCUT2D eigenvalue weighted by Crippen LogP contribution is -2.36. The Morgan fingerprint density at radius 3 is 2.37 bits per heavy atom. The summed E-state index contributed by atoms with van der Waals surface area (Å²) >= 11 is 0. The molecule has 0 aliphatic carbocycles. The Bertz CT molecular complexity index is 583. The second-order valence-electron chi connectivity index (χ2n) is 4.26. The van der Waals surface area contributed by atoms with Crippen molar-refractivity contribution >= 4 is 15.8 Å². The van der Waals surface area contributed by atoms with Gasteiger partial charge in [0.05, 0.1) is 0 Å². The molecule has 1 N–H and O–H groups in total. The van der Waals surface area contributed by atoms with Gasteiger partial charge in [-0.3, -0.25) is 4.79 Å². The third-order valence-corrected chi connectivity index (χ3v) is 5.22. The first-order chi connectivity index (χ1) is 8.71. The molecule has 4 nitrogen and oxygen atoms in total. The molecule has 0 bridgehead atoms. The monoisotopic (exact) mass is 292 g/mol. The molecule has 0 aromatic heterocycles. The zero-order valence-corrected chi connectivity index (χ0v) is 11.2. The molecule has 1 aromatic rings. The van der Waals surface area contributed by atoms with Crippen LogP contribution in [-0.4, -0.2) is 24.7 Å². The molecule has 1 rings (SSSR count). The van der Waals surface area contributed by atoms with Gasteiger partial charge in [-0.1, -0.05) is 20.3 Å². The van der Waals surface area contributed by atoms with Crippen molar-refractivity contribution in [3.05, 3.63) is 29.8 Å². The maximum atomic E-state index is 13.5. The molecule has 106 valence electrons. The summed E-state index contributed by atoms with van der Waals surface area (Å²) in [4.78, 5) is 10.3. The molecule has 7 heteroatoms. The van der Waals surface area contributed by atoms with Crippen molar-refractivity contribution in [1.82, 2.24) is 0 Å². The fourth-order valence-electron chi connectivity index (χ4n) is 1.74. The molecule has 0 heterocycles. The smallest absolute Gasteiger partial charge is 0.322 e. The fraction of sp³-hybridized carbons (Fsp3) is 0.417. The van der Waals surface area contributed by atoms with Crippen molar-refractivity contribution in [3.63, 3.8) is 0 Å². The standard InChI is InChI=1S/C12H14F2O4S/c1-3-7(2)11(12(15)16)19(17,18)10-5-4-8(13)6-9(10)14/h4-7,11H,3H2,1-2H3,(H,15,16). The van der Waals surface area contributed by atoms with Crippen LogP contribution in [-0.2, 0) is 14.6 Å². The minimum absolute atomic E-state index is 0.305. The summed E-state index contributed by atoms with van der Waals surface area (Å²) in [5.74, 6) is -4.44. The number of carboxylic acids is 1. The van der Waals surface area contributed by atoms with Gasteiger partial charge in [0.25, 0.3) is 0 Å². The lowest BCUT2D eigenvalue weighted by molar-refractivity contribution is -0.137. The van der Waals surface area contributed by atoms with Crippen molar-refractivity contribution < 1.29 is 27.1 Å². The number of sulfone groups is 1. The highest BCUT2D eigenvalue weighted by molar-refractivity contribution is 7.92. The van der Waals surface area contributed by atoms with Gasteiger partial charge in [0, 0.05) is 6.07 Å². The maximum absolute atomic E-state index is 13.5. The van der Waals surface area contributed by atoms with Crippen LogP contribution >= 0.6 is 0 Å². The van der Waals surface area contributed by atoms with E-state index in [-0.39, 0.29) is 0 Å². The Morgan fingerprint density at radius 1 is 1.37 bits per heavy atom. The SMILES string of the molecule is CCC(C)C(C(=O)O)S(=O)(=O)c1ccc(F)cc1F. The first kappa shape index (κ1) is 15.6. The molecule has 0 aliphatic heterocycles. The van der Waals surface area contributed by atoms with Crippen LogP contribution in [0, 0.1) is 17.6 Å². The first-order valence-electron chi connectivity index (χ1n) is 5.63. The molecular formula is C12H14F2O4S. The van der Waals surface area contributed by atoms with E-state index in [1.165, 1.54) is 6.92 Å². The van der Waals surface area contributed by atoms with E-state index < -0.39 is 43.5 Å². The highest BCUT2D eigenvalue weighted by atomic mass is 32.2. The van der Waals surface area contributed by atoms with Crippen molar-refractivity contribution in [2.75, 3.05) is 0 Å².